The van der Waals surface area contributed by atoms with Crippen LogP contribution in [0.1, 0.15) is 25.0 Å². The third kappa shape index (κ3) is 3.53. The summed E-state index contributed by atoms with van der Waals surface area (Å²) in [6.45, 7) is 2.56. The first-order valence-electron chi connectivity index (χ1n) is 6.75. The molecule has 3 heteroatoms. The molecule has 2 atom stereocenters. The summed E-state index contributed by atoms with van der Waals surface area (Å²) < 4.78 is 0. The van der Waals surface area contributed by atoms with Gasteiger partial charge in [0.15, 0.2) is 0 Å². The Kier molecular flexibility index (Phi) is 4.91. The van der Waals surface area contributed by atoms with E-state index < -0.39 is 6.10 Å². The summed E-state index contributed by atoms with van der Waals surface area (Å²) in [5.41, 5.74) is 0.902. The van der Waals surface area contributed by atoms with Gasteiger partial charge in [-0.2, -0.15) is 0 Å². The van der Waals surface area contributed by atoms with E-state index in [-0.39, 0.29) is 12.6 Å². The van der Waals surface area contributed by atoms with E-state index in [1.807, 2.05) is 43.3 Å². The van der Waals surface area contributed by atoms with Gasteiger partial charge in [0.1, 0.15) is 0 Å². The van der Waals surface area contributed by atoms with Crippen molar-refractivity contribution < 1.29 is 10.2 Å². The van der Waals surface area contributed by atoms with Crippen LogP contribution in [0.25, 0.3) is 10.8 Å². The van der Waals surface area contributed by atoms with Gasteiger partial charge in [-0.05, 0) is 28.8 Å². The van der Waals surface area contributed by atoms with Gasteiger partial charge in [-0.25, -0.2) is 0 Å². The number of fused-ring (bicyclic) bond motifs is 1. The number of hydrogen-bond acceptors (Lipinski definition) is 3. The zero-order valence-electron chi connectivity index (χ0n) is 11.2. The highest BCUT2D eigenvalue weighted by Crippen LogP contribution is 2.20. The molecule has 19 heavy (non-hydrogen) atoms. The second kappa shape index (κ2) is 6.66. The van der Waals surface area contributed by atoms with Crippen LogP contribution in [0.3, 0.4) is 0 Å². The van der Waals surface area contributed by atoms with Crippen molar-refractivity contribution in [2.24, 2.45) is 0 Å². The van der Waals surface area contributed by atoms with E-state index in [1.165, 1.54) is 5.39 Å². The van der Waals surface area contributed by atoms with Crippen molar-refractivity contribution in [3.63, 3.8) is 0 Å². The van der Waals surface area contributed by atoms with Gasteiger partial charge in [0, 0.05) is 12.6 Å². The molecule has 0 spiro atoms. The molecule has 0 aliphatic rings. The fourth-order valence-electron chi connectivity index (χ4n) is 2.15. The lowest BCUT2D eigenvalue weighted by atomic mass is 10.0. The van der Waals surface area contributed by atoms with Crippen LogP contribution in [0.2, 0.25) is 0 Å². The molecule has 0 fully saturated rings. The van der Waals surface area contributed by atoms with E-state index in [9.17, 15) is 5.11 Å². The Hall–Kier alpha value is -1.42. The standard InChI is InChI=1S/C16H21NO2/c1-2-15(11-18)17-10-16(19)14-8-7-12-5-3-4-6-13(12)9-14/h3-9,15-19H,2,10-11H2,1H3/t15-,16+/m0/s1. The molecular formula is C16H21NO2. The van der Waals surface area contributed by atoms with Gasteiger partial charge in [-0.15, -0.1) is 0 Å². The molecule has 0 amide bonds. The second-order valence-corrected chi connectivity index (χ2v) is 4.82. The normalized spacial score (nSPS) is 14.5. The van der Waals surface area contributed by atoms with Crippen molar-refractivity contribution in [3.05, 3.63) is 48.0 Å². The summed E-state index contributed by atoms with van der Waals surface area (Å²) in [5, 5.41) is 24.8. The topological polar surface area (TPSA) is 52.5 Å². The Morgan fingerprint density at radius 3 is 2.53 bits per heavy atom. The van der Waals surface area contributed by atoms with Gasteiger partial charge in [-0.3, -0.25) is 0 Å². The summed E-state index contributed by atoms with van der Waals surface area (Å²) in [6.07, 6.45) is 0.297. The van der Waals surface area contributed by atoms with Crippen LogP contribution in [0, 0.1) is 0 Å². The molecular weight excluding hydrogens is 238 g/mol. The van der Waals surface area contributed by atoms with E-state index in [0.29, 0.717) is 6.54 Å². The van der Waals surface area contributed by atoms with Crippen molar-refractivity contribution in [3.8, 4) is 0 Å². The first-order valence-corrected chi connectivity index (χ1v) is 6.75. The van der Waals surface area contributed by atoms with Crippen LogP contribution in [-0.2, 0) is 0 Å². The summed E-state index contributed by atoms with van der Waals surface area (Å²) in [5.74, 6) is 0. The molecule has 2 rings (SSSR count). The van der Waals surface area contributed by atoms with Crippen molar-refractivity contribution >= 4 is 10.8 Å². The van der Waals surface area contributed by atoms with Crippen molar-refractivity contribution in [1.29, 1.82) is 0 Å². The van der Waals surface area contributed by atoms with E-state index in [2.05, 4.69) is 11.4 Å². The molecule has 102 valence electrons. The number of benzene rings is 2. The minimum Gasteiger partial charge on any atom is -0.395 e. The fourth-order valence-corrected chi connectivity index (χ4v) is 2.15. The highest BCUT2D eigenvalue weighted by molar-refractivity contribution is 5.83. The highest BCUT2D eigenvalue weighted by Gasteiger charge is 2.10. The van der Waals surface area contributed by atoms with Crippen molar-refractivity contribution in [1.82, 2.24) is 5.32 Å². The maximum atomic E-state index is 10.2. The SMILES string of the molecule is CC[C@@H](CO)NC[C@@H](O)c1ccc2ccccc2c1. The minimum absolute atomic E-state index is 0.0510. The molecule has 0 saturated heterocycles. The largest absolute Gasteiger partial charge is 0.395 e. The number of hydrogen-bond donors (Lipinski definition) is 3. The Morgan fingerprint density at radius 1 is 1.11 bits per heavy atom. The number of rotatable bonds is 6. The Morgan fingerprint density at radius 2 is 1.84 bits per heavy atom. The molecule has 2 aromatic rings. The van der Waals surface area contributed by atoms with Gasteiger partial charge in [0.2, 0.25) is 0 Å². The minimum atomic E-state index is -0.551. The smallest absolute Gasteiger partial charge is 0.0914 e. The lowest BCUT2D eigenvalue weighted by Crippen LogP contribution is -2.34. The number of aliphatic hydroxyl groups is 2. The van der Waals surface area contributed by atoms with Crippen LogP contribution in [-0.4, -0.2) is 29.4 Å². The number of aliphatic hydroxyl groups excluding tert-OH is 2. The van der Waals surface area contributed by atoms with Gasteiger partial charge in [-0.1, -0.05) is 43.3 Å². The Labute approximate surface area is 113 Å². The monoisotopic (exact) mass is 259 g/mol. The first kappa shape index (κ1) is 14.0. The quantitative estimate of drug-likeness (QED) is 0.745. The van der Waals surface area contributed by atoms with Crippen LogP contribution in [0.4, 0.5) is 0 Å². The summed E-state index contributed by atoms with van der Waals surface area (Å²) >= 11 is 0. The molecule has 3 nitrogen and oxygen atoms in total. The van der Waals surface area contributed by atoms with Crippen LogP contribution < -0.4 is 5.32 Å². The van der Waals surface area contributed by atoms with E-state index in [1.54, 1.807) is 0 Å². The van der Waals surface area contributed by atoms with Gasteiger partial charge in [0.25, 0.3) is 0 Å². The maximum absolute atomic E-state index is 10.2. The zero-order valence-corrected chi connectivity index (χ0v) is 11.2. The Balaban J connectivity index is 2.06. The molecule has 0 aliphatic heterocycles. The second-order valence-electron chi connectivity index (χ2n) is 4.82. The van der Waals surface area contributed by atoms with Crippen molar-refractivity contribution in [2.45, 2.75) is 25.5 Å². The average Bonchev–Trinajstić information content (AvgIpc) is 2.47. The fraction of sp³-hybridized carbons (Fsp3) is 0.375. The van der Waals surface area contributed by atoms with E-state index in [0.717, 1.165) is 17.4 Å². The molecule has 0 radical (unpaired) electrons. The molecule has 0 bridgehead atoms. The van der Waals surface area contributed by atoms with Crippen LogP contribution in [0.5, 0.6) is 0 Å². The third-order valence-electron chi connectivity index (χ3n) is 3.47. The van der Waals surface area contributed by atoms with E-state index >= 15 is 0 Å². The molecule has 0 saturated carbocycles. The number of nitrogens with one attached hydrogen (secondary N) is 1. The lowest BCUT2D eigenvalue weighted by Gasteiger charge is -2.18. The predicted molar refractivity (Wildman–Crippen MR) is 78.1 cm³/mol. The van der Waals surface area contributed by atoms with Crippen molar-refractivity contribution in [2.75, 3.05) is 13.2 Å². The molecule has 0 heterocycles. The van der Waals surface area contributed by atoms with Gasteiger partial charge in [0.05, 0.1) is 12.7 Å². The lowest BCUT2D eigenvalue weighted by molar-refractivity contribution is 0.158. The van der Waals surface area contributed by atoms with Gasteiger partial charge < -0.3 is 15.5 Å². The predicted octanol–water partition coefficient (Wildman–Crippen LogP) is 2.23. The Bertz CT molecular complexity index is 523. The molecule has 3 N–H and O–H groups in total. The molecule has 0 aromatic heterocycles. The summed E-state index contributed by atoms with van der Waals surface area (Å²) in [7, 11) is 0. The van der Waals surface area contributed by atoms with Gasteiger partial charge >= 0.3 is 0 Å². The zero-order chi connectivity index (χ0) is 13.7. The van der Waals surface area contributed by atoms with Crippen LogP contribution >= 0.6 is 0 Å². The van der Waals surface area contributed by atoms with Crippen LogP contribution in [0.15, 0.2) is 42.5 Å². The summed E-state index contributed by atoms with van der Waals surface area (Å²) in [4.78, 5) is 0. The molecule has 0 aliphatic carbocycles. The molecule has 0 unspecified atom stereocenters. The maximum Gasteiger partial charge on any atom is 0.0914 e. The van der Waals surface area contributed by atoms with E-state index in [4.69, 9.17) is 5.11 Å². The highest BCUT2D eigenvalue weighted by atomic mass is 16.3. The first-order chi connectivity index (χ1) is 9.24. The third-order valence-corrected chi connectivity index (χ3v) is 3.47. The molecule has 2 aromatic carbocycles. The summed E-state index contributed by atoms with van der Waals surface area (Å²) in [6, 6.07) is 14.1. The average molecular weight is 259 g/mol.